The second-order valence-electron chi connectivity index (χ2n) is 8.06. The lowest BCUT2D eigenvalue weighted by molar-refractivity contribution is 0.303. The van der Waals surface area contributed by atoms with Crippen LogP contribution in [0.1, 0.15) is 57.6 Å². The Morgan fingerprint density at radius 1 is 1.12 bits per heavy atom. The van der Waals surface area contributed by atoms with E-state index in [1.807, 2.05) is 0 Å². The fourth-order valence-electron chi connectivity index (χ4n) is 3.55. The molecule has 1 saturated carbocycles. The highest BCUT2D eigenvalue weighted by atomic mass is 35.5. The van der Waals surface area contributed by atoms with E-state index in [0.29, 0.717) is 12.0 Å². The maximum Gasteiger partial charge on any atom is 0.120 e. The Balaban J connectivity index is 1.94. The molecule has 25 heavy (non-hydrogen) atoms. The molecule has 0 amide bonds. The lowest BCUT2D eigenvalue weighted by Gasteiger charge is -2.26. The van der Waals surface area contributed by atoms with E-state index in [-0.39, 0.29) is 5.41 Å². The molecular weight excluding hydrogens is 328 g/mol. The Labute approximate surface area is 157 Å². The normalized spacial score (nSPS) is 14.6. The molecule has 134 valence electrons. The molecule has 0 heterocycles. The third kappa shape index (κ3) is 5.01. The first-order valence-electron chi connectivity index (χ1n) is 9.45. The van der Waals surface area contributed by atoms with E-state index in [4.69, 9.17) is 16.3 Å². The topological polar surface area (TPSA) is 9.23 Å². The Kier molecular flexibility index (Phi) is 5.74. The van der Waals surface area contributed by atoms with Crippen LogP contribution in [0.4, 0.5) is 0 Å². The molecule has 0 saturated heterocycles. The SMILES string of the molecule is CCCC(C)(C)Cc1cc(CCl)ccc1-c1cccc(OC2CC2)c1. The maximum absolute atomic E-state index is 6.10. The molecule has 2 aromatic rings. The highest BCUT2D eigenvalue weighted by Crippen LogP contribution is 2.35. The van der Waals surface area contributed by atoms with Crippen molar-refractivity contribution in [1.29, 1.82) is 0 Å². The Bertz CT molecular complexity index is 716. The second-order valence-corrected chi connectivity index (χ2v) is 8.33. The first kappa shape index (κ1) is 18.3. The highest BCUT2D eigenvalue weighted by Gasteiger charge is 2.24. The molecule has 1 fully saturated rings. The Morgan fingerprint density at radius 3 is 2.60 bits per heavy atom. The first-order chi connectivity index (χ1) is 12.0. The quantitative estimate of drug-likeness (QED) is 0.462. The van der Waals surface area contributed by atoms with Gasteiger partial charge in [0.1, 0.15) is 5.75 Å². The van der Waals surface area contributed by atoms with Gasteiger partial charge in [0, 0.05) is 5.88 Å². The van der Waals surface area contributed by atoms with Gasteiger partial charge in [-0.25, -0.2) is 0 Å². The van der Waals surface area contributed by atoms with E-state index in [1.165, 1.54) is 47.9 Å². The summed E-state index contributed by atoms with van der Waals surface area (Å²) in [7, 11) is 0. The molecule has 0 unspecified atom stereocenters. The number of rotatable bonds is 8. The fourth-order valence-corrected chi connectivity index (χ4v) is 3.72. The second kappa shape index (κ2) is 7.83. The summed E-state index contributed by atoms with van der Waals surface area (Å²) in [4.78, 5) is 0. The van der Waals surface area contributed by atoms with Gasteiger partial charge in [-0.15, -0.1) is 11.6 Å². The molecular formula is C23H29ClO. The van der Waals surface area contributed by atoms with Crippen molar-refractivity contribution >= 4 is 11.6 Å². The van der Waals surface area contributed by atoms with Gasteiger partial charge in [-0.2, -0.15) is 0 Å². The van der Waals surface area contributed by atoms with Gasteiger partial charge < -0.3 is 4.74 Å². The molecule has 2 heteroatoms. The van der Waals surface area contributed by atoms with E-state index >= 15 is 0 Å². The molecule has 0 bridgehead atoms. The largest absolute Gasteiger partial charge is 0.490 e. The number of hydrogen-bond donors (Lipinski definition) is 0. The molecule has 0 atom stereocenters. The average Bonchev–Trinajstić information content (AvgIpc) is 3.38. The molecule has 0 aromatic heterocycles. The zero-order chi connectivity index (χ0) is 17.9. The van der Waals surface area contributed by atoms with Crippen molar-refractivity contribution in [2.45, 2.75) is 64.9 Å². The molecule has 0 aliphatic heterocycles. The number of alkyl halides is 1. The standard InChI is InChI=1S/C23H29ClO/c1-4-12-23(2,3)15-19-13-17(16-24)8-11-22(19)18-6-5-7-21(14-18)25-20-9-10-20/h5-8,11,13-14,20H,4,9-10,12,15-16H2,1-3H3. The van der Waals surface area contributed by atoms with Crippen molar-refractivity contribution in [2.24, 2.45) is 5.41 Å². The van der Waals surface area contributed by atoms with Crippen molar-refractivity contribution in [1.82, 2.24) is 0 Å². The Morgan fingerprint density at radius 2 is 1.92 bits per heavy atom. The van der Waals surface area contributed by atoms with Gasteiger partial charge in [0.15, 0.2) is 0 Å². The van der Waals surface area contributed by atoms with E-state index < -0.39 is 0 Å². The summed E-state index contributed by atoms with van der Waals surface area (Å²) in [5, 5.41) is 0. The van der Waals surface area contributed by atoms with Gasteiger partial charge in [0.25, 0.3) is 0 Å². The zero-order valence-electron chi connectivity index (χ0n) is 15.6. The summed E-state index contributed by atoms with van der Waals surface area (Å²) < 4.78 is 5.99. The number of ether oxygens (including phenoxy) is 1. The van der Waals surface area contributed by atoms with Crippen LogP contribution in [-0.4, -0.2) is 6.10 Å². The third-order valence-corrected chi connectivity index (χ3v) is 5.20. The maximum atomic E-state index is 6.10. The lowest BCUT2D eigenvalue weighted by atomic mass is 9.79. The van der Waals surface area contributed by atoms with Gasteiger partial charge in [0.2, 0.25) is 0 Å². The predicted octanol–water partition coefficient (Wildman–Crippen LogP) is 7.00. The minimum atomic E-state index is 0.288. The number of benzene rings is 2. The summed E-state index contributed by atoms with van der Waals surface area (Å²) in [5.41, 5.74) is 5.41. The van der Waals surface area contributed by atoms with Crippen molar-refractivity contribution in [3.63, 3.8) is 0 Å². The molecule has 3 rings (SSSR count). The highest BCUT2D eigenvalue weighted by molar-refractivity contribution is 6.17. The van der Waals surface area contributed by atoms with E-state index in [1.54, 1.807) is 0 Å². The monoisotopic (exact) mass is 356 g/mol. The average molecular weight is 357 g/mol. The summed E-state index contributed by atoms with van der Waals surface area (Å²) in [5.74, 6) is 1.55. The molecule has 1 aliphatic carbocycles. The summed E-state index contributed by atoms with van der Waals surface area (Å²) in [6.07, 6.45) is 6.30. The molecule has 1 nitrogen and oxygen atoms in total. The third-order valence-electron chi connectivity index (χ3n) is 4.89. The van der Waals surface area contributed by atoms with Crippen LogP contribution in [0.5, 0.6) is 5.75 Å². The number of hydrogen-bond acceptors (Lipinski definition) is 1. The summed E-state index contributed by atoms with van der Waals surface area (Å²) >= 11 is 6.10. The Hall–Kier alpha value is -1.47. The molecule has 0 radical (unpaired) electrons. The van der Waals surface area contributed by atoms with Crippen LogP contribution in [0.2, 0.25) is 0 Å². The molecule has 0 N–H and O–H groups in total. The van der Waals surface area contributed by atoms with Crippen molar-refractivity contribution < 1.29 is 4.74 Å². The summed E-state index contributed by atoms with van der Waals surface area (Å²) in [6.45, 7) is 6.98. The van der Waals surface area contributed by atoms with E-state index in [0.717, 1.165) is 12.2 Å². The van der Waals surface area contributed by atoms with Crippen molar-refractivity contribution in [3.05, 3.63) is 53.6 Å². The van der Waals surface area contributed by atoms with Gasteiger partial charge in [-0.3, -0.25) is 0 Å². The fraction of sp³-hybridized carbons (Fsp3) is 0.478. The minimum Gasteiger partial charge on any atom is -0.490 e. The van der Waals surface area contributed by atoms with Crippen LogP contribution in [0.25, 0.3) is 11.1 Å². The lowest BCUT2D eigenvalue weighted by Crippen LogP contribution is -2.15. The van der Waals surface area contributed by atoms with Gasteiger partial charge in [-0.05, 0) is 65.5 Å². The smallest absolute Gasteiger partial charge is 0.120 e. The molecule has 0 spiro atoms. The number of halogens is 1. The van der Waals surface area contributed by atoms with Gasteiger partial charge >= 0.3 is 0 Å². The van der Waals surface area contributed by atoms with Crippen LogP contribution in [-0.2, 0) is 12.3 Å². The van der Waals surface area contributed by atoms with Gasteiger partial charge in [0.05, 0.1) is 6.10 Å². The summed E-state index contributed by atoms with van der Waals surface area (Å²) in [6, 6.07) is 15.2. The van der Waals surface area contributed by atoms with E-state index in [2.05, 4.69) is 63.2 Å². The predicted molar refractivity (Wildman–Crippen MR) is 107 cm³/mol. The van der Waals surface area contributed by atoms with Crippen LogP contribution >= 0.6 is 11.6 Å². The minimum absolute atomic E-state index is 0.288. The van der Waals surface area contributed by atoms with Crippen molar-refractivity contribution in [2.75, 3.05) is 0 Å². The van der Waals surface area contributed by atoms with E-state index in [9.17, 15) is 0 Å². The van der Waals surface area contributed by atoms with Crippen LogP contribution in [0.3, 0.4) is 0 Å². The van der Waals surface area contributed by atoms with Crippen LogP contribution in [0.15, 0.2) is 42.5 Å². The van der Waals surface area contributed by atoms with Gasteiger partial charge in [-0.1, -0.05) is 57.5 Å². The molecule has 1 aliphatic rings. The van der Waals surface area contributed by atoms with Crippen LogP contribution in [0, 0.1) is 5.41 Å². The zero-order valence-corrected chi connectivity index (χ0v) is 16.4. The van der Waals surface area contributed by atoms with Crippen molar-refractivity contribution in [3.8, 4) is 16.9 Å². The van der Waals surface area contributed by atoms with Crippen LogP contribution < -0.4 is 4.74 Å². The first-order valence-corrected chi connectivity index (χ1v) is 9.99. The molecule has 2 aromatic carbocycles.